The Hall–Kier alpha value is -2.17. The Balaban J connectivity index is 1.46. The summed E-state index contributed by atoms with van der Waals surface area (Å²) < 4.78 is 0. The number of carbonyl (C=O) groups is 1. The Morgan fingerprint density at radius 3 is 2.23 bits per heavy atom. The maximum absolute atomic E-state index is 12.4. The molecule has 138 valence electrons. The third kappa shape index (κ3) is 4.93. The van der Waals surface area contributed by atoms with E-state index in [0.717, 1.165) is 44.8 Å². The second-order valence-electron chi connectivity index (χ2n) is 7.04. The minimum Gasteiger partial charge on any atom is -0.325 e. The Morgan fingerprint density at radius 2 is 1.54 bits per heavy atom. The van der Waals surface area contributed by atoms with Gasteiger partial charge in [0, 0.05) is 38.4 Å². The van der Waals surface area contributed by atoms with E-state index in [4.69, 9.17) is 0 Å². The molecule has 0 atom stereocenters. The van der Waals surface area contributed by atoms with Gasteiger partial charge < -0.3 is 5.32 Å². The third-order valence-corrected chi connectivity index (χ3v) is 5.16. The zero-order valence-corrected chi connectivity index (χ0v) is 15.9. The summed E-state index contributed by atoms with van der Waals surface area (Å²) >= 11 is 0. The number of amides is 1. The summed E-state index contributed by atoms with van der Waals surface area (Å²) in [5.41, 5.74) is 4.88. The van der Waals surface area contributed by atoms with Crippen molar-refractivity contribution < 1.29 is 4.79 Å². The first-order chi connectivity index (χ1) is 12.7. The lowest BCUT2D eigenvalue weighted by Crippen LogP contribution is -2.48. The van der Waals surface area contributed by atoms with E-state index in [9.17, 15) is 4.79 Å². The molecule has 1 amide bonds. The molecule has 0 spiro atoms. The summed E-state index contributed by atoms with van der Waals surface area (Å²) in [6.07, 6.45) is 0.925. The maximum atomic E-state index is 12.4. The Labute approximate surface area is 156 Å². The molecular formula is C22H29N3O. The molecule has 1 fully saturated rings. The Morgan fingerprint density at radius 1 is 0.923 bits per heavy atom. The van der Waals surface area contributed by atoms with Crippen LogP contribution >= 0.6 is 0 Å². The van der Waals surface area contributed by atoms with Gasteiger partial charge in [-0.05, 0) is 36.1 Å². The summed E-state index contributed by atoms with van der Waals surface area (Å²) in [4.78, 5) is 17.1. The second kappa shape index (κ2) is 8.97. The van der Waals surface area contributed by atoms with Gasteiger partial charge in [0.05, 0.1) is 6.54 Å². The van der Waals surface area contributed by atoms with Crippen LogP contribution in [0.4, 0.5) is 5.69 Å². The number of nitrogens with zero attached hydrogens (tertiary/aromatic N) is 2. The Bertz CT molecular complexity index is 736. The van der Waals surface area contributed by atoms with E-state index in [2.05, 4.69) is 59.3 Å². The van der Waals surface area contributed by atoms with Crippen LogP contribution in [0, 0.1) is 6.92 Å². The highest BCUT2D eigenvalue weighted by atomic mass is 16.2. The molecule has 0 bridgehead atoms. The van der Waals surface area contributed by atoms with Crippen LogP contribution in [0.1, 0.15) is 23.6 Å². The molecule has 1 N–H and O–H groups in total. The van der Waals surface area contributed by atoms with E-state index < -0.39 is 0 Å². The molecule has 4 heteroatoms. The summed E-state index contributed by atoms with van der Waals surface area (Å²) in [6, 6.07) is 16.6. The first-order valence-corrected chi connectivity index (χ1v) is 9.52. The highest BCUT2D eigenvalue weighted by Gasteiger charge is 2.19. The zero-order valence-electron chi connectivity index (χ0n) is 15.9. The fourth-order valence-corrected chi connectivity index (χ4v) is 3.48. The fraction of sp³-hybridized carbons (Fsp3) is 0.409. The van der Waals surface area contributed by atoms with Gasteiger partial charge in [0.2, 0.25) is 5.91 Å². The molecule has 0 unspecified atom stereocenters. The SMILES string of the molecule is CCc1ccccc1NC(=O)CN1CCN(Cc2ccccc2C)CC1. The van der Waals surface area contributed by atoms with Gasteiger partial charge in [0.15, 0.2) is 0 Å². The smallest absolute Gasteiger partial charge is 0.238 e. The van der Waals surface area contributed by atoms with E-state index in [0.29, 0.717) is 6.54 Å². The second-order valence-corrected chi connectivity index (χ2v) is 7.04. The van der Waals surface area contributed by atoms with Crippen LogP contribution in [0.15, 0.2) is 48.5 Å². The van der Waals surface area contributed by atoms with Gasteiger partial charge in [0.1, 0.15) is 0 Å². The summed E-state index contributed by atoms with van der Waals surface area (Å²) in [5, 5.41) is 3.07. The first-order valence-electron chi connectivity index (χ1n) is 9.52. The largest absolute Gasteiger partial charge is 0.325 e. The van der Waals surface area contributed by atoms with Crippen molar-refractivity contribution in [2.45, 2.75) is 26.8 Å². The van der Waals surface area contributed by atoms with Crippen molar-refractivity contribution in [1.82, 2.24) is 9.80 Å². The first kappa shape index (κ1) is 18.6. The van der Waals surface area contributed by atoms with Crippen molar-refractivity contribution >= 4 is 11.6 Å². The molecule has 2 aromatic carbocycles. The minimum atomic E-state index is 0.0817. The van der Waals surface area contributed by atoms with Gasteiger partial charge in [-0.2, -0.15) is 0 Å². The number of aryl methyl sites for hydroxylation is 2. The van der Waals surface area contributed by atoms with Crippen LogP contribution in [0.5, 0.6) is 0 Å². The molecule has 1 heterocycles. The highest BCUT2D eigenvalue weighted by molar-refractivity contribution is 5.93. The normalized spacial score (nSPS) is 15.8. The number of rotatable bonds is 6. The standard InChI is InChI=1S/C22H29N3O/c1-3-19-9-6-7-11-21(19)23-22(26)17-25-14-12-24(13-15-25)16-20-10-5-4-8-18(20)2/h4-11H,3,12-17H2,1-2H3,(H,23,26). The zero-order chi connectivity index (χ0) is 18.4. The van der Waals surface area contributed by atoms with Crippen LogP contribution in [-0.2, 0) is 17.8 Å². The van der Waals surface area contributed by atoms with E-state index in [1.54, 1.807) is 0 Å². The average molecular weight is 351 g/mol. The molecule has 1 saturated heterocycles. The molecule has 26 heavy (non-hydrogen) atoms. The predicted molar refractivity (Wildman–Crippen MR) is 107 cm³/mol. The molecule has 4 nitrogen and oxygen atoms in total. The van der Waals surface area contributed by atoms with Gasteiger partial charge in [-0.3, -0.25) is 14.6 Å². The van der Waals surface area contributed by atoms with Gasteiger partial charge in [-0.1, -0.05) is 49.4 Å². The quantitative estimate of drug-likeness (QED) is 0.867. The number of anilines is 1. The number of hydrogen-bond donors (Lipinski definition) is 1. The average Bonchev–Trinajstić information content (AvgIpc) is 2.65. The van der Waals surface area contributed by atoms with Crippen molar-refractivity contribution in [1.29, 1.82) is 0 Å². The highest BCUT2D eigenvalue weighted by Crippen LogP contribution is 2.16. The molecule has 0 aliphatic carbocycles. The van der Waals surface area contributed by atoms with Crippen LogP contribution < -0.4 is 5.32 Å². The molecule has 3 rings (SSSR count). The van der Waals surface area contributed by atoms with Crippen molar-refractivity contribution in [2.24, 2.45) is 0 Å². The maximum Gasteiger partial charge on any atom is 0.238 e. The monoisotopic (exact) mass is 351 g/mol. The number of nitrogens with one attached hydrogen (secondary N) is 1. The van der Waals surface area contributed by atoms with Crippen LogP contribution in [0.2, 0.25) is 0 Å². The fourth-order valence-electron chi connectivity index (χ4n) is 3.48. The van der Waals surface area contributed by atoms with Crippen molar-refractivity contribution in [3.8, 4) is 0 Å². The molecule has 0 radical (unpaired) electrons. The lowest BCUT2D eigenvalue weighted by atomic mass is 10.1. The number of para-hydroxylation sites is 1. The van der Waals surface area contributed by atoms with E-state index in [-0.39, 0.29) is 5.91 Å². The molecule has 0 aromatic heterocycles. The lowest BCUT2D eigenvalue weighted by Gasteiger charge is -2.34. The minimum absolute atomic E-state index is 0.0817. The number of benzene rings is 2. The van der Waals surface area contributed by atoms with Crippen molar-refractivity contribution in [2.75, 3.05) is 38.0 Å². The van der Waals surface area contributed by atoms with E-state index in [1.165, 1.54) is 16.7 Å². The molecule has 2 aromatic rings. The number of hydrogen-bond acceptors (Lipinski definition) is 3. The van der Waals surface area contributed by atoms with Crippen LogP contribution in [0.25, 0.3) is 0 Å². The van der Waals surface area contributed by atoms with Gasteiger partial charge >= 0.3 is 0 Å². The molecule has 0 saturated carbocycles. The van der Waals surface area contributed by atoms with Gasteiger partial charge in [0.25, 0.3) is 0 Å². The topological polar surface area (TPSA) is 35.6 Å². The number of piperazine rings is 1. The summed E-state index contributed by atoms with van der Waals surface area (Å²) in [6.45, 7) is 9.64. The van der Waals surface area contributed by atoms with Gasteiger partial charge in [-0.25, -0.2) is 0 Å². The van der Waals surface area contributed by atoms with Crippen LogP contribution in [-0.4, -0.2) is 48.4 Å². The summed E-state index contributed by atoms with van der Waals surface area (Å²) in [5.74, 6) is 0.0817. The van der Waals surface area contributed by atoms with Crippen molar-refractivity contribution in [3.63, 3.8) is 0 Å². The third-order valence-electron chi connectivity index (χ3n) is 5.16. The molecular weight excluding hydrogens is 322 g/mol. The predicted octanol–water partition coefficient (Wildman–Crippen LogP) is 3.31. The molecule has 1 aliphatic heterocycles. The van der Waals surface area contributed by atoms with E-state index >= 15 is 0 Å². The van der Waals surface area contributed by atoms with Crippen LogP contribution in [0.3, 0.4) is 0 Å². The Kier molecular flexibility index (Phi) is 6.42. The number of carbonyl (C=O) groups excluding carboxylic acids is 1. The van der Waals surface area contributed by atoms with Crippen molar-refractivity contribution in [3.05, 3.63) is 65.2 Å². The van der Waals surface area contributed by atoms with Gasteiger partial charge in [-0.15, -0.1) is 0 Å². The lowest BCUT2D eigenvalue weighted by molar-refractivity contribution is -0.117. The summed E-state index contributed by atoms with van der Waals surface area (Å²) in [7, 11) is 0. The van der Waals surface area contributed by atoms with E-state index in [1.807, 2.05) is 18.2 Å². The molecule has 1 aliphatic rings.